The van der Waals surface area contributed by atoms with E-state index in [0.29, 0.717) is 12.2 Å². The van der Waals surface area contributed by atoms with Crippen molar-refractivity contribution in [2.24, 2.45) is 13.0 Å². The molecule has 0 aliphatic heterocycles. The number of nitrogens with one attached hydrogen (secondary N) is 3. The number of nitrogens with zero attached hydrogens (tertiary/aromatic N) is 2. The van der Waals surface area contributed by atoms with Gasteiger partial charge in [0.05, 0.1) is 17.1 Å². The van der Waals surface area contributed by atoms with Crippen molar-refractivity contribution in [1.82, 2.24) is 25.2 Å². The molecule has 8 heteroatoms. The largest absolute Gasteiger partial charge is 0.444 e. The van der Waals surface area contributed by atoms with Gasteiger partial charge in [-0.2, -0.15) is 0 Å². The van der Waals surface area contributed by atoms with Crippen molar-refractivity contribution >= 4 is 33.9 Å². The summed E-state index contributed by atoms with van der Waals surface area (Å²) >= 11 is 0. The molecule has 2 amide bonds. The Morgan fingerprint density at radius 3 is 2.44 bits per heavy atom. The predicted molar refractivity (Wildman–Crippen MR) is 142 cm³/mol. The Kier molecular flexibility index (Phi) is 7.06. The standard InChI is InChI=1S/C28H35N5O3/c1-17(2)24(25-29-20-12-8-9-13-21(20)30-25)32-26(34)22(31-27(35)36-28(3,4)5)15-18-16-33(6)23-14-10-7-11-19(18)23/h7-14,16-17,22,24H,15H2,1-6H3,(H,29,30)(H,31,35)(H,32,34)/t22-,24+/m1/s1. The molecule has 2 aromatic heterocycles. The highest BCUT2D eigenvalue weighted by molar-refractivity contribution is 5.89. The van der Waals surface area contributed by atoms with Gasteiger partial charge in [0, 0.05) is 30.6 Å². The number of carbonyl (C=O) groups excluding carboxylic acids is 2. The zero-order valence-electron chi connectivity index (χ0n) is 21.8. The van der Waals surface area contributed by atoms with Crippen LogP contribution in [-0.2, 0) is 23.0 Å². The number of hydrogen-bond donors (Lipinski definition) is 3. The van der Waals surface area contributed by atoms with Crippen LogP contribution in [0.25, 0.3) is 21.9 Å². The molecule has 0 bridgehead atoms. The summed E-state index contributed by atoms with van der Waals surface area (Å²) in [5, 5.41) is 6.98. The van der Waals surface area contributed by atoms with E-state index in [9.17, 15) is 9.59 Å². The Morgan fingerprint density at radius 1 is 1.06 bits per heavy atom. The predicted octanol–water partition coefficient (Wildman–Crippen LogP) is 5.00. The number of alkyl carbamates (subject to hydrolysis) is 1. The maximum atomic E-state index is 13.7. The van der Waals surface area contributed by atoms with Crippen molar-refractivity contribution < 1.29 is 14.3 Å². The van der Waals surface area contributed by atoms with E-state index in [4.69, 9.17) is 9.72 Å². The lowest BCUT2D eigenvalue weighted by molar-refractivity contribution is -0.124. The van der Waals surface area contributed by atoms with Crippen molar-refractivity contribution in [2.75, 3.05) is 0 Å². The number of imidazole rings is 1. The van der Waals surface area contributed by atoms with Gasteiger partial charge in [-0.1, -0.05) is 44.2 Å². The lowest BCUT2D eigenvalue weighted by Gasteiger charge is -2.26. The molecule has 2 heterocycles. The zero-order valence-corrected chi connectivity index (χ0v) is 21.8. The summed E-state index contributed by atoms with van der Waals surface area (Å²) in [6.07, 6.45) is 1.69. The number of benzene rings is 2. The molecule has 0 aliphatic rings. The molecular formula is C28H35N5O3. The highest BCUT2D eigenvalue weighted by atomic mass is 16.6. The van der Waals surface area contributed by atoms with Crippen LogP contribution in [0.4, 0.5) is 4.79 Å². The molecule has 0 radical (unpaired) electrons. The first-order chi connectivity index (χ1) is 17.0. The summed E-state index contributed by atoms with van der Waals surface area (Å²) in [4.78, 5) is 34.4. The SMILES string of the molecule is CC(C)[C@H](NC(=O)[C@@H](Cc1cn(C)c2ccccc12)NC(=O)OC(C)(C)C)c1nc2ccccc2[nH]1. The molecule has 0 aliphatic carbocycles. The number of H-pyrrole nitrogens is 1. The Morgan fingerprint density at radius 2 is 1.75 bits per heavy atom. The lowest BCUT2D eigenvalue weighted by atomic mass is 10.0. The first kappa shape index (κ1) is 25.3. The second-order valence-electron chi connectivity index (χ2n) is 10.6. The molecule has 2 atom stereocenters. The van der Waals surface area contributed by atoms with E-state index in [1.807, 2.05) is 80.2 Å². The smallest absolute Gasteiger partial charge is 0.408 e. The molecule has 0 spiro atoms. The Labute approximate surface area is 211 Å². The quantitative estimate of drug-likeness (QED) is 0.340. The monoisotopic (exact) mass is 489 g/mol. The Balaban J connectivity index is 1.62. The molecule has 0 fully saturated rings. The van der Waals surface area contributed by atoms with Gasteiger partial charge in [0.1, 0.15) is 17.5 Å². The summed E-state index contributed by atoms with van der Waals surface area (Å²) in [6.45, 7) is 9.44. The summed E-state index contributed by atoms with van der Waals surface area (Å²) in [5.41, 5.74) is 3.10. The van der Waals surface area contributed by atoms with E-state index in [2.05, 4.69) is 15.6 Å². The van der Waals surface area contributed by atoms with Crippen LogP contribution >= 0.6 is 0 Å². The molecule has 190 valence electrons. The number of aromatic amines is 1. The minimum atomic E-state index is -0.837. The van der Waals surface area contributed by atoms with Crippen molar-refractivity contribution in [3.8, 4) is 0 Å². The molecule has 36 heavy (non-hydrogen) atoms. The molecule has 3 N–H and O–H groups in total. The van der Waals surface area contributed by atoms with Crippen LogP contribution in [0, 0.1) is 5.92 Å². The van der Waals surface area contributed by atoms with Gasteiger partial charge < -0.3 is 24.9 Å². The average molecular weight is 490 g/mol. The first-order valence-electron chi connectivity index (χ1n) is 12.3. The van der Waals surface area contributed by atoms with Crippen LogP contribution in [-0.4, -0.2) is 38.2 Å². The number of para-hydroxylation sites is 3. The Hall–Kier alpha value is -3.81. The van der Waals surface area contributed by atoms with Gasteiger partial charge >= 0.3 is 6.09 Å². The van der Waals surface area contributed by atoms with E-state index in [1.54, 1.807) is 20.8 Å². The van der Waals surface area contributed by atoms with Crippen LogP contribution in [0.2, 0.25) is 0 Å². The van der Waals surface area contributed by atoms with Crippen LogP contribution in [0.15, 0.2) is 54.7 Å². The van der Waals surface area contributed by atoms with Crippen molar-refractivity contribution in [1.29, 1.82) is 0 Å². The third-order valence-electron chi connectivity index (χ3n) is 6.08. The van der Waals surface area contributed by atoms with Crippen LogP contribution < -0.4 is 10.6 Å². The van der Waals surface area contributed by atoms with Crippen LogP contribution in [0.3, 0.4) is 0 Å². The molecule has 4 rings (SSSR count). The highest BCUT2D eigenvalue weighted by Gasteiger charge is 2.29. The number of aryl methyl sites for hydroxylation is 1. The average Bonchev–Trinajstić information content (AvgIpc) is 3.36. The number of amides is 2. The molecule has 0 unspecified atom stereocenters. The maximum Gasteiger partial charge on any atom is 0.408 e. The number of rotatable bonds is 7. The normalized spacial score (nSPS) is 13.6. The van der Waals surface area contributed by atoms with Gasteiger partial charge in [0.2, 0.25) is 5.91 Å². The number of hydrogen-bond acceptors (Lipinski definition) is 4. The first-order valence-corrected chi connectivity index (χ1v) is 12.3. The van der Waals surface area contributed by atoms with E-state index < -0.39 is 17.7 Å². The fourth-order valence-corrected chi connectivity index (χ4v) is 4.39. The van der Waals surface area contributed by atoms with E-state index in [1.165, 1.54) is 0 Å². The fourth-order valence-electron chi connectivity index (χ4n) is 4.39. The van der Waals surface area contributed by atoms with Gasteiger partial charge in [-0.25, -0.2) is 9.78 Å². The van der Waals surface area contributed by atoms with E-state index in [-0.39, 0.29) is 17.9 Å². The minimum absolute atomic E-state index is 0.0641. The number of fused-ring (bicyclic) bond motifs is 2. The summed E-state index contributed by atoms with van der Waals surface area (Å²) in [7, 11) is 1.97. The van der Waals surface area contributed by atoms with Gasteiger partial charge in [0.25, 0.3) is 0 Å². The molecule has 8 nitrogen and oxygen atoms in total. The summed E-state index contributed by atoms with van der Waals surface area (Å²) < 4.78 is 7.50. The van der Waals surface area contributed by atoms with Gasteiger partial charge in [0.15, 0.2) is 0 Å². The maximum absolute atomic E-state index is 13.7. The highest BCUT2D eigenvalue weighted by Crippen LogP contribution is 2.24. The molecular weight excluding hydrogens is 454 g/mol. The zero-order chi connectivity index (χ0) is 26.0. The van der Waals surface area contributed by atoms with E-state index >= 15 is 0 Å². The number of ether oxygens (including phenoxy) is 1. The van der Waals surface area contributed by atoms with Crippen LogP contribution in [0.1, 0.15) is 52.0 Å². The Bertz CT molecular complexity index is 1350. The van der Waals surface area contributed by atoms with Gasteiger partial charge in [-0.3, -0.25) is 4.79 Å². The molecule has 4 aromatic rings. The summed E-state index contributed by atoms with van der Waals surface area (Å²) in [6, 6.07) is 14.6. The van der Waals surface area contributed by atoms with Crippen molar-refractivity contribution in [3.63, 3.8) is 0 Å². The molecule has 0 saturated heterocycles. The minimum Gasteiger partial charge on any atom is -0.444 e. The summed E-state index contributed by atoms with van der Waals surface area (Å²) in [5.74, 6) is 0.447. The van der Waals surface area contributed by atoms with Gasteiger partial charge in [-0.05, 0) is 50.5 Å². The molecule has 0 saturated carbocycles. The molecule has 2 aromatic carbocycles. The van der Waals surface area contributed by atoms with Crippen LogP contribution in [0.5, 0.6) is 0 Å². The fraction of sp³-hybridized carbons (Fsp3) is 0.393. The van der Waals surface area contributed by atoms with Crippen molar-refractivity contribution in [3.05, 3.63) is 66.1 Å². The lowest BCUT2D eigenvalue weighted by Crippen LogP contribution is -2.50. The van der Waals surface area contributed by atoms with E-state index in [0.717, 1.165) is 27.5 Å². The second-order valence-corrected chi connectivity index (χ2v) is 10.6. The van der Waals surface area contributed by atoms with Crippen molar-refractivity contribution in [2.45, 2.75) is 58.7 Å². The number of aromatic nitrogens is 3. The third-order valence-corrected chi connectivity index (χ3v) is 6.08. The van der Waals surface area contributed by atoms with Gasteiger partial charge in [-0.15, -0.1) is 0 Å². The number of carbonyl (C=O) groups is 2. The second kappa shape index (κ2) is 10.0. The topological polar surface area (TPSA) is 101 Å². The third kappa shape index (κ3) is 5.70.